The summed E-state index contributed by atoms with van der Waals surface area (Å²) in [5.41, 5.74) is 1.97. The SMILES string of the molecule is COc1cccc(C[C@H](C)OS(=O)(=O)c2ccc(C)cc2)c1. The van der Waals surface area contributed by atoms with Gasteiger partial charge in [-0.1, -0.05) is 29.8 Å². The number of ether oxygens (including phenoxy) is 1. The molecule has 0 N–H and O–H groups in total. The molecule has 2 aromatic rings. The Bertz CT molecular complexity index is 721. The van der Waals surface area contributed by atoms with Crippen molar-refractivity contribution in [2.45, 2.75) is 31.3 Å². The van der Waals surface area contributed by atoms with Crippen LogP contribution in [0.15, 0.2) is 53.4 Å². The monoisotopic (exact) mass is 320 g/mol. The van der Waals surface area contributed by atoms with Crippen molar-refractivity contribution in [2.24, 2.45) is 0 Å². The lowest BCUT2D eigenvalue weighted by Gasteiger charge is -2.14. The third-order valence-corrected chi connectivity index (χ3v) is 4.69. The van der Waals surface area contributed by atoms with Gasteiger partial charge in [-0.2, -0.15) is 8.42 Å². The van der Waals surface area contributed by atoms with E-state index in [0.717, 1.165) is 16.9 Å². The summed E-state index contributed by atoms with van der Waals surface area (Å²) in [4.78, 5) is 0.176. The van der Waals surface area contributed by atoms with E-state index in [1.807, 2.05) is 31.2 Å². The summed E-state index contributed by atoms with van der Waals surface area (Å²) < 4.78 is 34.9. The zero-order valence-electron chi connectivity index (χ0n) is 12.9. The fourth-order valence-corrected chi connectivity index (χ4v) is 3.22. The molecule has 1 atom stereocenters. The Kier molecular flexibility index (Phi) is 5.21. The second-order valence-corrected chi connectivity index (χ2v) is 6.80. The van der Waals surface area contributed by atoms with E-state index in [1.165, 1.54) is 0 Å². The summed E-state index contributed by atoms with van der Waals surface area (Å²) in [6.07, 6.45) is 0.0286. The third-order valence-electron chi connectivity index (χ3n) is 3.26. The van der Waals surface area contributed by atoms with Crippen LogP contribution in [0.25, 0.3) is 0 Å². The summed E-state index contributed by atoms with van der Waals surface area (Å²) in [6, 6.07) is 14.1. The largest absolute Gasteiger partial charge is 0.497 e. The number of rotatable bonds is 6. The second-order valence-electron chi connectivity index (χ2n) is 5.23. The molecule has 0 spiro atoms. The standard InChI is InChI=1S/C17H20O4S/c1-13-7-9-17(10-8-13)22(18,19)21-14(2)11-15-5-4-6-16(12-15)20-3/h4-10,12,14H,11H2,1-3H3/t14-/m0/s1. The van der Waals surface area contributed by atoms with E-state index in [2.05, 4.69) is 0 Å². The van der Waals surface area contributed by atoms with Gasteiger partial charge in [0.05, 0.1) is 18.1 Å². The minimum absolute atomic E-state index is 0.176. The predicted octanol–water partition coefficient (Wildman–Crippen LogP) is 3.34. The lowest BCUT2D eigenvalue weighted by Crippen LogP contribution is -2.18. The summed E-state index contributed by atoms with van der Waals surface area (Å²) in [5, 5.41) is 0. The van der Waals surface area contributed by atoms with E-state index < -0.39 is 16.2 Å². The van der Waals surface area contributed by atoms with Crippen LogP contribution in [0.2, 0.25) is 0 Å². The number of aryl methyl sites for hydroxylation is 1. The number of methoxy groups -OCH3 is 1. The zero-order valence-corrected chi connectivity index (χ0v) is 13.8. The van der Waals surface area contributed by atoms with Crippen molar-refractivity contribution < 1.29 is 17.3 Å². The van der Waals surface area contributed by atoms with E-state index in [1.54, 1.807) is 38.3 Å². The summed E-state index contributed by atoms with van der Waals surface area (Å²) in [5.74, 6) is 0.742. The van der Waals surface area contributed by atoms with Crippen LogP contribution >= 0.6 is 0 Å². The molecule has 0 heterocycles. The van der Waals surface area contributed by atoms with Gasteiger partial charge in [0.15, 0.2) is 0 Å². The highest BCUT2D eigenvalue weighted by molar-refractivity contribution is 7.86. The Balaban J connectivity index is 2.07. The van der Waals surface area contributed by atoms with Gasteiger partial charge >= 0.3 is 0 Å². The fourth-order valence-electron chi connectivity index (χ4n) is 2.14. The van der Waals surface area contributed by atoms with E-state index in [4.69, 9.17) is 8.92 Å². The van der Waals surface area contributed by atoms with Crippen LogP contribution < -0.4 is 4.74 Å². The number of benzene rings is 2. The molecule has 118 valence electrons. The molecule has 22 heavy (non-hydrogen) atoms. The molecule has 0 aliphatic rings. The van der Waals surface area contributed by atoms with Gasteiger partial charge in [0, 0.05) is 0 Å². The van der Waals surface area contributed by atoms with Gasteiger partial charge in [0.1, 0.15) is 5.75 Å². The molecular formula is C17H20O4S. The predicted molar refractivity (Wildman–Crippen MR) is 85.6 cm³/mol. The van der Waals surface area contributed by atoms with E-state index >= 15 is 0 Å². The molecule has 2 aromatic carbocycles. The van der Waals surface area contributed by atoms with Crippen LogP contribution in [0, 0.1) is 6.92 Å². The maximum absolute atomic E-state index is 12.2. The van der Waals surface area contributed by atoms with Crippen LogP contribution in [0.3, 0.4) is 0 Å². The van der Waals surface area contributed by atoms with Gasteiger partial charge in [-0.25, -0.2) is 0 Å². The molecule has 4 nitrogen and oxygen atoms in total. The van der Waals surface area contributed by atoms with Gasteiger partial charge in [0.2, 0.25) is 0 Å². The van der Waals surface area contributed by atoms with Gasteiger partial charge in [-0.3, -0.25) is 4.18 Å². The lowest BCUT2D eigenvalue weighted by molar-refractivity contribution is 0.229. The molecule has 0 bridgehead atoms. The van der Waals surface area contributed by atoms with E-state index in [9.17, 15) is 8.42 Å². The molecule has 0 aromatic heterocycles. The average molecular weight is 320 g/mol. The Morgan fingerprint density at radius 1 is 1.09 bits per heavy atom. The summed E-state index contributed by atoms with van der Waals surface area (Å²) in [7, 11) is -2.15. The Morgan fingerprint density at radius 3 is 2.41 bits per heavy atom. The molecule has 2 rings (SSSR count). The first-order valence-electron chi connectivity index (χ1n) is 7.03. The molecule has 0 unspecified atom stereocenters. The third kappa shape index (κ3) is 4.32. The van der Waals surface area contributed by atoms with Crippen LogP contribution in [0.4, 0.5) is 0 Å². The molecule has 0 aliphatic carbocycles. The average Bonchev–Trinajstić information content (AvgIpc) is 2.47. The molecule has 0 radical (unpaired) electrons. The highest BCUT2D eigenvalue weighted by atomic mass is 32.2. The van der Waals surface area contributed by atoms with Gasteiger partial charge in [-0.15, -0.1) is 0 Å². The quantitative estimate of drug-likeness (QED) is 0.766. The van der Waals surface area contributed by atoms with Gasteiger partial charge in [0.25, 0.3) is 10.1 Å². The minimum Gasteiger partial charge on any atom is -0.497 e. The Hall–Kier alpha value is -1.85. The van der Waals surface area contributed by atoms with Crippen LogP contribution in [0.1, 0.15) is 18.1 Å². The van der Waals surface area contributed by atoms with Crippen LogP contribution in [-0.2, 0) is 20.7 Å². The summed E-state index contributed by atoms with van der Waals surface area (Å²) >= 11 is 0. The molecule has 0 amide bonds. The normalized spacial score (nSPS) is 12.9. The number of hydrogen-bond acceptors (Lipinski definition) is 4. The number of hydrogen-bond donors (Lipinski definition) is 0. The zero-order chi connectivity index (χ0) is 16.2. The van der Waals surface area contributed by atoms with Crippen molar-refractivity contribution in [3.05, 3.63) is 59.7 Å². The van der Waals surface area contributed by atoms with Crippen molar-refractivity contribution in [3.8, 4) is 5.75 Å². The molecular weight excluding hydrogens is 300 g/mol. The Labute approximate surface area is 131 Å². The van der Waals surface area contributed by atoms with Crippen LogP contribution in [0.5, 0.6) is 5.75 Å². The van der Waals surface area contributed by atoms with Crippen LogP contribution in [-0.4, -0.2) is 21.6 Å². The van der Waals surface area contributed by atoms with Gasteiger partial charge < -0.3 is 4.74 Å². The van der Waals surface area contributed by atoms with Crippen molar-refractivity contribution in [3.63, 3.8) is 0 Å². The highest BCUT2D eigenvalue weighted by Gasteiger charge is 2.19. The maximum Gasteiger partial charge on any atom is 0.297 e. The molecule has 0 fully saturated rings. The van der Waals surface area contributed by atoms with Crippen molar-refractivity contribution >= 4 is 10.1 Å². The first kappa shape index (κ1) is 16.5. The first-order chi connectivity index (χ1) is 10.4. The second kappa shape index (κ2) is 6.94. The highest BCUT2D eigenvalue weighted by Crippen LogP contribution is 2.19. The van der Waals surface area contributed by atoms with E-state index in [0.29, 0.717) is 6.42 Å². The topological polar surface area (TPSA) is 52.6 Å². The molecule has 0 aliphatic heterocycles. The first-order valence-corrected chi connectivity index (χ1v) is 8.44. The van der Waals surface area contributed by atoms with Crippen molar-refractivity contribution in [2.75, 3.05) is 7.11 Å². The maximum atomic E-state index is 12.2. The fraction of sp³-hybridized carbons (Fsp3) is 0.294. The van der Waals surface area contributed by atoms with Gasteiger partial charge in [-0.05, 0) is 50.1 Å². The van der Waals surface area contributed by atoms with E-state index in [-0.39, 0.29) is 4.90 Å². The lowest BCUT2D eigenvalue weighted by atomic mass is 10.1. The minimum atomic E-state index is -3.74. The van der Waals surface area contributed by atoms with Crippen molar-refractivity contribution in [1.29, 1.82) is 0 Å². The van der Waals surface area contributed by atoms with Crippen molar-refractivity contribution in [1.82, 2.24) is 0 Å². The molecule has 5 heteroatoms. The molecule has 0 saturated heterocycles. The Morgan fingerprint density at radius 2 is 1.77 bits per heavy atom. The molecule has 0 saturated carbocycles. The summed E-state index contributed by atoms with van der Waals surface area (Å²) in [6.45, 7) is 3.65. The smallest absolute Gasteiger partial charge is 0.297 e.